The molecule has 0 aliphatic rings. The second kappa shape index (κ2) is 10.9. The second-order valence-corrected chi connectivity index (χ2v) is 11.7. The number of nitrogens with one attached hydrogen (secondary N) is 1. The van der Waals surface area contributed by atoms with Gasteiger partial charge in [0.05, 0.1) is 11.4 Å². The lowest BCUT2D eigenvalue weighted by molar-refractivity contribution is -0.141. The van der Waals surface area contributed by atoms with Crippen LogP contribution in [-0.2, 0) is 26.2 Å². The summed E-state index contributed by atoms with van der Waals surface area (Å²) in [6.07, 6.45) is 0. The van der Waals surface area contributed by atoms with Crippen molar-refractivity contribution >= 4 is 45.0 Å². The first-order valence-corrected chi connectivity index (χ1v) is 12.5. The van der Waals surface area contributed by atoms with E-state index >= 15 is 0 Å². The van der Waals surface area contributed by atoms with Gasteiger partial charge in [-0.1, -0.05) is 35.3 Å². The molecule has 7 nitrogen and oxygen atoms in total. The Balaban J connectivity index is 2.29. The van der Waals surface area contributed by atoms with Gasteiger partial charge in [0.25, 0.3) is 0 Å². The van der Waals surface area contributed by atoms with E-state index in [2.05, 4.69) is 5.32 Å². The highest BCUT2D eigenvalue weighted by Crippen LogP contribution is 2.19. The summed E-state index contributed by atoms with van der Waals surface area (Å²) in [6, 6.07) is 11.8. The minimum atomic E-state index is -3.93. The molecule has 0 spiro atoms. The molecule has 0 saturated carbocycles. The highest BCUT2D eigenvalue weighted by molar-refractivity contribution is 7.89. The molecule has 2 amide bonds. The number of hydrogen-bond acceptors (Lipinski definition) is 4. The average molecular weight is 514 g/mol. The van der Waals surface area contributed by atoms with E-state index in [-0.39, 0.29) is 17.3 Å². The molecule has 1 N–H and O–H groups in total. The molecule has 0 unspecified atom stereocenters. The molecule has 10 heteroatoms. The van der Waals surface area contributed by atoms with Gasteiger partial charge in [0.1, 0.15) is 6.04 Å². The lowest BCUT2D eigenvalue weighted by Crippen LogP contribution is -2.54. The molecule has 180 valence electrons. The smallest absolute Gasteiger partial charge is 0.243 e. The number of hydrogen-bond donors (Lipinski definition) is 1. The van der Waals surface area contributed by atoms with Crippen molar-refractivity contribution in [2.45, 2.75) is 50.7 Å². The van der Waals surface area contributed by atoms with Crippen LogP contribution in [0.3, 0.4) is 0 Å². The molecule has 0 bridgehead atoms. The highest BCUT2D eigenvalue weighted by Gasteiger charge is 2.31. The largest absolute Gasteiger partial charge is 0.350 e. The number of likely N-dealkylation sites (N-methyl/N-ethyl adjacent to an activating group) is 1. The van der Waals surface area contributed by atoms with Gasteiger partial charge >= 0.3 is 0 Å². The van der Waals surface area contributed by atoms with Gasteiger partial charge in [-0.3, -0.25) is 9.59 Å². The van der Waals surface area contributed by atoms with E-state index in [9.17, 15) is 18.0 Å². The topological polar surface area (TPSA) is 86.8 Å². The molecule has 0 heterocycles. The van der Waals surface area contributed by atoms with Gasteiger partial charge < -0.3 is 10.2 Å². The van der Waals surface area contributed by atoms with E-state index in [0.717, 1.165) is 9.87 Å². The van der Waals surface area contributed by atoms with Crippen LogP contribution >= 0.6 is 23.2 Å². The van der Waals surface area contributed by atoms with Crippen LogP contribution in [0.2, 0.25) is 10.0 Å². The van der Waals surface area contributed by atoms with Crippen molar-refractivity contribution in [2.24, 2.45) is 0 Å². The maximum absolute atomic E-state index is 13.3. The van der Waals surface area contributed by atoms with Crippen molar-refractivity contribution in [3.63, 3.8) is 0 Å². The quantitative estimate of drug-likeness (QED) is 0.578. The van der Waals surface area contributed by atoms with Gasteiger partial charge in [0, 0.05) is 29.2 Å². The minimum absolute atomic E-state index is 0.0158. The molecule has 2 rings (SSSR count). The summed E-state index contributed by atoms with van der Waals surface area (Å²) in [5, 5.41) is 3.76. The van der Waals surface area contributed by atoms with Crippen molar-refractivity contribution in [3.05, 3.63) is 64.1 Å². The monoisotopic (exact) mass is 513 g/mol. The van der Waals surface area contributed by atoms with Crippen LogP contribution in [-0.4, -0.2) is 54.6 Å². The van der Waals surface area contributed by atoms with E-state index in [1.807, 2.05) is 20.8 Å². The number of carbonyl (C=O) groups excluding carboxylic acids is 2. The highest BCUT2D eigenvalue weighted by atomic mass is 35.5. The van der Waals surface area contributed by atoms with Gasteiger partial charge in [-0.25, -0.2) is 8.42 Å². The summed E-state index contributed by atoms with van der Waals surface area (Å²) in [7, 11) is -2.61. The standard InChI is InChI=1S/C23H29Cl2N3O4S/c1-16(22(30)26-23(2,3)4)28(14-17-7-6-8-19(25)13-17)21(29)15-27(5)33(31,32)20-11-9-18(24)10-12-20/h6-13,16H,14-15H2,1-5H3,(H,26,30)/t16-/m1/s1. The van der Waals surface area contributed by atoms with Crippen molar-refractivity contribution < 1.29 is 18.0 Å². The lowest BCUT2D eigenvalue weighted by Gasteiger charge is -2.32. The molecule has 0 aliphatic carbocycles. The Morgan fingerprint density at radius 1 is 1.03 bits per heavy atom. The van der Waals surface area contributed by atoms with Crippen LogP contribution in [0.15, 0.2) is 53.4 Å². The molecular formula is C23H29Cl2N3O4S. The molecule has 2 aromatic carbocycles. The number of benzene rings is 2. The number of sulfonamides is 1. The van der Waals surface area contributed by atoms with Gasteiger partial charge in [-0.15, -0.1) is 0 Å². The Labute approximate surface area is 205 Å². The molecule has 0 aliphatic heterocycles. The molecular weight excluding hydrogens is 485 g/mol. The third kappa shape index (κ3) is 7.71. The fourth-order valence-electron chi connectivity index (χ4n) is 3.04. The van der Waals surface area contributed by atoms with Crippen molar-refractivity contribution in [1.29, 1.82) is 0 Å². The predicted molar refractivity (Wildman–Crippen MR) is 131 cm³/mol. The van der Waals surface area contributed by atoms with Crippen LogP contribution in [0.1, 0.15) is 33.3 Å². The van der Waals surface area contributed by atoms with E-state index in [4.69, 9.17) is 23.2 Å². The molecule has 0 radical (unpaired) electrons. The maximum Gasteiger partial charge on any atom is 0.243 e. The van der Waals surface area contributed by atoms with E-state index in [1.54, 1.807) is 31.2 Å². The van der Waals surface area contributed by atoms with Crippen LogP contribution in [0.4, 0.5) is 0 Å². The fraction of sp³-hybridized carbons (Fsp3) is 0.391. The number of halogens is 2. The Bertz CT molecular complexity index is 1100. The van der Waals surface area contributed by atoms with Crippen LogP contribution < -0.4 is 5.32 Å². The third-order valence-electron chi connectivity index (χ3n) is 4.79. The Kier molecular flexibility index (Phi) is 8.93. The molecule has 0 aromatic heterocycles. The summed E-state index contributed by atoms with van der Waals surface area (Å²) in [5.41, 5.74) is 0.222. The molecule has 0 saturated heterocycles. The normalized spacial score (nSPS) is 13.0. The first kappa shape index (κ1) is 27.1. The molecule has 2 aromatic rings. The number of rotatable bonds is 8. The first-order chi connectivity index (χ1) is 15.2. The van der Waals surface area contributed by atoms with Gasteiger partial charge in [-0.2, -0.15) is 4.31 Å². The summed E-state index contributed by atoms with van der Waals surface area (Å²) in [6.45, 7) is 6.77. The SMILES string of the molecule is C[C@H](C(=O)NC(C)(C)C)N(Cc1cccc(Cl)c1)C(=O)CN(C)S(=O)(=O)c1ccc(Cl)cc1. The zero-order valence-corrected chi connectivity index (χ0v) is 21.6. The summed E-state index contributed by atoms with van der Waals surface area (Å²) in [4.78, 5) is 27.5. The van der Waals surface area contributed by atoms with Crippen molar-refractivity contribution in [3.8, 4) is 0 Å². The zero-order chi connectivity index (χ0) is 25.0. The Morgan fingerprint density at radius 2 is 1.64 bits per heavy atom. The van der Waals surface area contributed by atoms with Crippen LogP contribution in [0, 0.1) is 0 Å². The van der Waals surface area contributed by atoms with E-state index < -0.39 is 34.1 Å². The lowest BCUT2D eigenvalue weighted by atomic mass is 10.1. The van der Waals surface area contributed by atoms with Gasteiger partial charge in [0.2, 0.25) is 21.8 Å². The second-order valence-electron chi connectivity index (χ2n) is 8.78. The molecule has 0 fully saturated rings. The first-order valence-electron chi connectivity index (χ1n) is 10.3. The number of nitrogens with zero attached hydrogens (tertiary/aromatic N) is 2. The summed E-state index contributed by atoms with van der Waals surface area (Å²) in [5.74, 6) is -0.868. The fourth-order valence-corrected chi connectivity index (χ4v) is 4.50. The molecule has 33 heavy (non-hydrogen) atoms. The van der Waals surface area contributed by atoms with Gasteiger partial charge in [0.15, 0.2) is 0 Å². The minimum Gasteiger partial charge on any atom is -0.350 e. The summed E-state index contributed by atoms with van der Waals surface area (Å²) >= 11 is 11.9. The van der Waals surface area contributed by atoms with E-state index in [1.165, 1.54) is 36.2 Å². The zero-order valence-electron chi connectivity index (χ0n) is 19.3. The number of carbonyl (C=O) groups is 2. The van der Waals surface area contributed by atoms with Crippen molar-refractivity contribution in [2.75, 3.05) is 13.6 Å². The van der Waals surface area contributed by atoms with Crippen LogP contribution in [0.5, 0.6) is 0 Å². The number of amides is 2. The maximum atomic E-state index is 13.3. The predicted octanol–water partition coefficient (Wildman–Crippen LogP) is 3.95. The van der Waals surface area contributed by atoms with Gasteiger partial charge in [-0.05, 0) is 69.7 Å². The van der Waals surface area contributed by atoms with Crippen molar-refractivity contribution in [1.82, 2.24) is 14.5 Å². The Morgan fingerprint density at radius 3 is 2.18 bits per heavy atom. The molecule has 1 atom stereocenters. The average Bonchev–Trinajstić information content (AvgIpc) is 2.70. The Hall–Kier alpha value is -2.13. The van der Waals surface area contributed by atoms with E-state index in [0.29, 0.717) is 10.0 Å². The third-order valence-corrected chi connectivity index (χ3v) is 7.09. The summed E-state index contributed by atoms with van der Waals surface area (Å²) < 4.78 is 26.8. The van der Waals surface area contributed by atoms with Crippen LogP contribution in [0.25, 0.3) is 0 Å².